The fourth-order valence-electron chi connectivity index (χ4n) is 0.246. The van der Waals surface area contributed by atoms with Crippen molar-refractivity contribution < 1.29 is 28.1 Å². The number of carbonyl (C=O) groups excluding carboxylic acids is 2. The standard InChI is InChI=1S/C2H5N2O6P/c3-1(5)9-11(7,8)10-2(4)6/h(H2,3,5)(H2,4,6)(H,7,8). The zero-order valence-electron chi connectivity index (χ0n) is 5.09. The Morgan fingerprint density at radius 1 is 1.18 bits per heavy atom. The van der Waals surface area contributed by atoms with Gasteiger partial charge in [-0.05, 0) is 0 Å². The normalized spacial score (nSPS) is 10.3. The van der Waals surface area contributed by atoms with Crippen LogP contribution in [0.3, 0.4) is 0 Å². The highest BCUT2D eigenvalue weighted by Gasteiger charge is 2.28. The second-order valence-electron chi connectivity index (χ2n) is 1.29. The topological polar surface area (TPSA) is 142 Å². The van der Waals surface area contributed by atoms with E-state index < -0.39 is 20.0 Å². The molecule has 0 aliphatic rings. The van der Waals surface area contributed by atoms with Crippen molar-refractivity contribution in [1.82, 2.24) is 0 Å². The Morgan fingerprint density at radius 3 is 1.64 bits per heavy atom. The second-order valence-corrected chi connectivity index (χ2v) is 2.59. The number of hydrogen-bond donors (Lipinski definition) is 3. The van der Waals surface area contributed by atoms with Crippen LogP contribution in [0.15, 0.2) is 0 Å². The molecular formula is C2H5N2O6P. The van der Waals surface area contributed by atoms with Crippen LogP contribution < -0.4 is 11.5 Å². The maximum atomic E-state index is 10.3. The third-order valence-electron chi connectivity index (χ3n) is 0.411. The van der Waals surface area contributed by atoms with E-state index in [1.54, 1.807) is 0 Å². The highest BCUT2D eigenvalue weighted by Crippen LogP contribution is 2.42. The first-order chi connectivity index (χ1) is 4.83. The zero-order valence-corrected chi connectivity index (χ0v) is 5.98. The first-order valence-corrected chi connectivity index (χ1v) is 3.64. The highest BCUT2D eigenvalue weighted by atomic mass is 31.2. The summed E-state index contributed by atoms with van der Waals surface area (Å²) < 4.78 is 17.3. The van der Waals surface area contributed by atoms with Crippen LogP contribution in [0.2, 0.25) is 0 Å². The van der Waals surface area contributed by atoms with Gasteiger partial charge < -0.3 is 20.5 Å². The Labute approximate surface area is 60.7 Å². The molecule has 0 saturated heterocycles. The predicted octanol–water partition coefficient (Wildman–Crippen LogP) is -0.723. The second kappa shape index (κ2) is 3.22. The summed E-state index contributed by atoms with van der Waals surface area (Å²) in [7, 11) is -4.75. The van der Waals surface area contributed by atoms with Crippen LogP contribution in [0, 0.1) is 0 Å². The molecule has 0 unspecified atom stereocenters. The monoisotopic (exact) mass is 184 g/mol. The predicted molar refractivity (Wildman–Crippen MR) is 31.2 cm³/mol. The Bertz CT molecular complexity index is 205. The molecule has 0 radical (unpaired) electrons. The molecule has 2 amide bonds. The lowest BCUT2D eigenvalue weighted by Crippen LogP contribution is -2.16. The Morgan fingerprint density at radius 2 is 1.45 bits per heavy atom. The molecule has 9 heteroatoms. The Kier molecular flexibility index (Phi) is 2.85. The van der Waals surface area contributed by atoms with Gasteiger partial charge in [0.2, 0.25) is 0 Å². The van der Waals surface area contributed by atoms with Gasteiger partial charge >= 0.3 is 20.0 Å². The number of primary amides is 2. The van der Waals surface area contributed by atoms with Crippen molar-refractivity contribution in [3.8, 4) is 0 Å². The number of carbonyl (C=O) groups is 2. The number of phosphoric acid groups is 1. The van der Waals surface area contributed by atoms with Crippen molar-refractivity contribution in [2.45, 2.75) is 0 Å². The zero-order chi connectivity index (χ0) is 9.07. The first kappa shape index (κ1) is 9.73. The van der Waals surface area contributed by atoms with Crippen LogP contribution in [0.5, 0.6) is 0 Å². The summed E-state index contributed by atoms with van der Waals surface area (Å²) in [5, 5.41) is 0. The lowest BCUT2D eigenvalue weighted by atomic mass is 11.3. The SMILES string of the molecule is NC(=O)OP(=O)(O)OC(N)=O. The maximum Gasteiger partial charge on any atom is 0.591 e. The van der Waals surface area contributed by atoms with E-state index in [0.29, 0.717) is 0 Å². The smallest absolute Gasteiger partial charge is 0.344 e. The molecule has 0 aliphatic carbocycles. The number of hydrogen-bond acceptors (Lipinski definition) is 5. The van der Waals surface area contributed by atoms with E-state index in [2.05, 4.69) is 20.5 Å². The van der Waals surface area contributed by atoms with Crippen molar-refractivity contribution in [3.63, 3.8) is 0 Å². The van der Waals surface area contributed by atoms with Crippen LogP contribution in [0.4, 0.5) is 9.59 Å². The molecule has 8 nitrogen and oxygen atoms in total. The number of nitrogens with two attached hydrogens (primary N) is 2. The lowest BCUT2D eigenvalue weighted by molar-refractivity contribution is 0.164. The number of rotatable bonds is 2. The van der Waals surface area contributed by atoms with Crippen molar-refractivity contribution in [2.75, 3.05) is 0 Å². The van der Waals surface area contributed by atoms with E-state index in [0.717, 1.165) is 0 Å². The molecule has 0 atom stereocenters. The minimum atomic E-state index is -4.75. The molecule has 0 aromatic rings. The maximum absolute atomic E-state index is 10.3. The average molecular weight is 184 g/mol. The van der Waals surface area contributed by atoms with Gasteiger partial charge in [-0.2, -0.15) is 0 Å². The van der Waals surface area contributed by atoms with Gasteiger partial charge in [0.05, 0.1) is 0 Å². The van der Waals surface area contributed by atoms with Crippen LogP contribution in [-0.4, -0.2) is 17.1 Å². The summed E-state index contributed by atoms with van der Waals surface area (Å²) in [5.41, 5.74) is 8.66. The quantitative estimate of drug-likeness (QED) is 0.483. The van der Waals surface area contributed by atoms with Gasteiger partial charge in [-0.15, -0.1) is 0 Å². The van der Waals surface area contributed by atoms with Gasteiger partial charge in [-0.3, -0.25) is 4.89 Å². The van der Waals surface area contributed by atoms with Crippen molar-refractivity contribution in [2.24, 2.45) is 11.5 Å². The van der Waals surface area contributed by atoms with E-state index in [4.69, 9.17) is 4.89 Å². The molecule has 0 aliphatic heterocycles. The van der Waals surface area contributed by atoms with Crippen molar-refractivity contribution in [1.29, 1.82) is 0 Å². The van der Waals surface area contributed by atoms with E-state index in [-0.39, 0.29) is 0 Å². The molecule has 0 bridgehead atoms. The van der Waals surface area contributed by atoms with E-state index in [1.165, 1.54) is 0 Å². The molecular weight excluding hydrogens is 179 g/mol. The molecule has 0 saturated carbocycles. The van der Waals surface area contributed by atoms with E-state index in [9.17, 15) is 14.2 Å². The van der Waals surface area contributed by atoms with Crippen molar-refractivity contribution >= 4 is 20.0 Å². The van der Waals surface area contributed by atoms with Crippen LogP contribution >= 0.6 is 7.82 Å². The molecule has 0 fully saturated rings. The average Bonchev–Trinajstić information content (AvgIpc) is 1.53. The summed E-state index contributed by atoms with van der Waals surface area (Å²) in [5.74, 6) is 0. The molecule has 0 heterocycles. The third-order valence-corrected chi connectivity index (χ3v) is 1.23. The summed E-state index contributed by atoms with van der Waals surface area (Å²) in [4.78, 5) is 28.0. The molecule has 0 rings (SSSR count). The van der Waals surface area contributed by atoms with Gasteiger partial charge in [0.25, 0.3) is 0 Å². The fourth-order valence-corrected chi connectivity index (χ4v) is 0.738. The van der Waals surface area contributed by atoms with E-state index >= 15 is 0 Å². The molecule has 0 aromatic carbocycles. The molecule has 11 heavy (non-hydrogen) atoms. The minimum Gasteiger partial charge on any atom is -0.344 e. The van der Waals surface area contributed by atoms with Crippen LogP contribution in [-0.2, 0) is 13.6 Å². The summed E-state index contributed by atoms with van der Waals surface area (Å²) >= 11 is 0. The van der Waals surface area contributed by atoms with Crippen LogP contribution in [0.25, 0.3) is 0 Å². The van der Waals surface area contributed by atoms with Gasteiger partial charge in [0.1, 0.15) is 0 Å². The Hall–Kier alpha value is -1.27. The number of phosphoric ester groups is 1. The molecule has 5 N–H and O–H groups in total. The summed E-state index contributed by atoms with van der Waals surface area (Å²) in [6.45, 7) is 0. The van der Waals surface area contributed by atoms with Gasteiger partial charge in [-0.1, -0.05) is 0 Å². The first-order valence-electron chi connectivity index (χ1n) is 2.14. The molecule has 64 valence electrons. The minimum absolute atomic E-state index is 1.54. The fraction of sp³-hybridized carbons (Fsp3) is 0. The van der Waals surface area contributed by atoms with Gasteiger partial charge in [-0.25, -0.2) is 14.2 Å². The number of amides is 2. The van der Waals surface area contributed by atoms with Gasteiger partial charge in [0, 0.05) is 0 Å². The summed E-state index contributed by atoms with van der Waals surface area (Å²) in [6, 6.07) is 0. The summed E-state index contributed by atoms with van der Waals surface area (Å²) in [6.07, 6.45) is -3.09. The molecule has 0 spiro atoms. The highest BCUT2D eigenvalue weighted by molar-refractivity contribution is 7.48. The van der Waals surface area contributed by atoms with E-state index in [1.807, 2.05) is 0 Å². The van der Waals surface area contributed by atoms with Crippen LogP contribution in [0.1, 0.15) is 0 Å². The van der Waals surface area contributed by atoms with Gasteiger partial charge in [0.15, 0.2) is 0 Å². The Balaban J connectivity index is 4.12. The lowest BCUT2D eigenvalue weighted by Gasteiger charge is -2.06. The largest absolute Gasteiger partial charge is 0.591 e. The van der Waals surface area contributed by atoms with Crippen molar-refractivity contribution in [3.05, 3.63) is 0 Å². The third kappa shape index (κ3) is 5.19. The molecule has 0 aromatic heterocycles.